The topological polar surface area (TPSA) is 20.2 Å². The van der Waals surface area contributed by atoms with Gasteiger partial charge in [-0.05, 0) is 93.5 Å². The third-order valence-corrected chi connectivity index (χ3v) is 9.06. The molecule has 23 heavy (non-hydrogen) atoms. The van der Waals surface area contributed by atoms with E-state index in [-0.39, 0.29) is 11.5 Å². The van der Waals surface area contributed by atoms with Gasteiger partial charge in [-0.2, -0.15) is 0 Å². The van der Waals surface area contributed by atoms with Crippen LogP contribution in [0.25, 0.3) is 0 Å². The smallest absolute Gasteiger partial charge is 0.0809 e. The zero-order valence-corrected chi connectivity index (χ0v) is 15.7. The van der Waals surface area contributed by atoms with Crippen LogP contribution in [0.4, 0.5) is 0 Å². The summed E-state index contributed by atoms with van der Waals surface area (Å²) in [6, 6.07) is 0. The highest BCUT2D eigenvalue weighted by Gasteiger charge is 2.60. The monoisotopic (exact) mass is 316 g/mol. The van der Waals surface area contributed by atoms with E-state index >= 15 is 0 Å². The fourth-order valence-electron chi connectivity index (χ4n) is 7.59. The van der Waals surface area contributed by atoms with Crippen LogP contribution in [-0.2, 0) is 0 Å². The van der Waals surface area contributed by atoms with E-state index in [4.69, 9.17) is 0 Å². The first-order chi connectivity index (χ1) is 10.9. The molecule has 0 bridgehead atoms. The summed E-state index contributed by atoms with van der Waals surface area (Å²) in [6.45, 7) is 9.46. The Bertz CT molecular complexity index is 516. The maximum atomic E-state index is 11.0. The van der Waals surface area contributed by atoms with E-state index < -0.39 is 0 Å². The van der Waals surface area contributed by atoms with Crippen molar-refractivity contribution in [2.24, 2.45) is 34.5 Å². The van der Waals surface area contributed by atoms with Gasteiger partial charge in [0.2, 0.25) is 0 Å². The maximum absolute atomic E-state index is 11.0. The standard InChI is InChI=1S/C22H36O/c1-14(2)17-13-19-16-9-8-15-7-5-6-11-21(15,3)18(16)10-12-22(19,4)20(17)23/h15-16,18-20,23H,5-13H2,1-4H3/t15-,16+,18+,19+,20-,21-,22-/m0/s1. The molecule has 1 nitrogen and oxygen atoms in total. The molecule has 4 saturated carbocycles. The van der Waals surface area contributed by atoms with Crippen LogP contribution in [0.5, 0.6) is 0 Å². The summed E-state index contributed by atoms with van der Waals surface area (Å²) in [4.78, 5) is 0. The number of fused-ring (bicyclic) bond motifs is 5. The van der Waals surface area contributed by atoms with Gasteiger partial charge in [0.05, 0.1) is 6.10 Å². The molecule has 0 amide bonds. The largest absolute Gasteiger partial charge is 0.388 e. The minimum absolute atomic E-state index is 0.158. The summed E-state index contributed by atoms with van der Waals surface area (Å²) in [5.41, 5.74) is 3.53. The third kappa shape index (κ3) is 2.14. The summed E-state index contributed by atoms with van der Waals surface area (Å²) in [7, 11) is 0. The Hall–Kier alpha value is -0.300. The molecular weight excluding hydrogens is 280 g/mol. The van der Waals surface area contributed by atoms with Crippen LogP contribution in [0.1, 0.15) is 85.5 Å². The first kappa shape index (κ1) is 16.2. The Balaban J connectivity index is 1.68. The average Bonchev–Trinajstić information content (AvgIpc) is 2.79. The van der Waals surface area contributed by atoms with Gasteiger partial charge in [0.25, 0.3) is 0 Å². The predicted octanol–water partition coefficient (Wildman–Crippen LogP) is 5.73. The minimum Gasteiger partial charge on any atom is -0.388 e. The minimum atomic E-state index is -0.171. The number of hydrogen-bond donors (Lipinski definition) is 1. The summed E-state index contributed by atoms with van der Waals surface area (Å²) in [5, 5.41) is 11.0. The molecule has 4 rings (SSSR count). The van der Waals surface area contributed by atoms with Crippen LogP contribution in [-0.4, -0.2) is 11.2 Å². The van der Waals surface area contributed by atoms with Crippen LogP contribution in [0, 0.1) is 34.5 Å². The van der Waals surface area contributed by atoms with Gasteiger partial charge in [-0.25, -0.2) is 0 Å². The van der Waals surface area contributed by atoms with Crippen LogP contribution in [0.3, 0.4) is 0 Å². The van der Waals surface area contributed by atoms with Gasteiger partial charge >= 0.3 is 0 Å². The van der Waals surface area contributed by atoms with E-state index in [0.29, 0.717) is 5.41 Å². The van der Waals surface area contributed by atoms with Gasteiger partial charge in [-0.3, -0.25) is 0 Å². The van der Waals surface area contributed by atoms with Crippen molar-refractivity contribution in [1.29, 1.82) is 0 Å². The van der Waals surface area contributed by atoms with E-state index in [0.717, 1.165) is 23.7 Å². The Morgan fingerprint density at radius 1 is 0.913 bits per heavy atom. The molecule has 4 aliphatic rings. The molecule has 1 heteroatoms. The number of aliphatic hydroxyl groups excluding tert-OH is 1. The SMILES string of the molecule is CC(C)=C1C[C@@H]2[C@@H]3CC[C@@H]4CCCC[C@]4(C)[C@@H]3CC[C@]2(C)[C@H]1O. The summed E-state index contributed by atoms with van der Waals surface area (Å²) >= 11 is 0. The van der Waals surface area contributed by atoms with Crippen LogP contribution >= 0.6 is 0 Å². The van der Waals surface area contributed by atoms with Crippen molar-refractivity contribution in [2.75, 3.05) is 0 Å². The normalized spacial score (nSPS) is 52.6. The second kappa shape index (κ2) is 5.35. The van der Waals surface area contributed by atoms with Gasteiger partial charge in [0.15, 0.2) is 0 Å². The third-order valence-electron chi connectivity index (χ3n) is 9.06. The number of hydrogen-bond acceptors (Lipinski definition) is 1. The highest BCUT2D eigenvalue weighted by Crippen LogP contribution is 2.67. The predicted molar refractivity (Wildman–Crippen MR) is 96.1 cm³/mol. The lowest BCUT2D eigenvalue weighted by Gasteiger charge is -2.60. The number of rotatable bonds is 0. The van der Waals surface area contributed by atoms with Crippen molar-refractivity contribution >= 4 is 0 Å². The van der Waals surface area contributed by atoms with E-state index in [1.165, 1.54) is 68.9 Å². The lowest BCUT2D eigenvalue weighted by molar-refractivity contribution is -0.119. The molecule has 0 unspecified atom stereocenters. The molecule has 0 saturated heterocycles. The van der Waals surface area contributed by atoms with E-state index in [1.807, 2.05) is 0 Å². The van der Waals surface area contributed by atoms with Crippen molar-refractivity contribution in [3.05, 3.63) is 11.1 Å². The zero-order chi connectivity index (χ0) is 16.4. The molecule has 4 fully saturated rings. The summed E-state index contributed by atoms with van der Waals surface area (Å²) < 4.78 is 0. The van der Waals surface area contributed by atoms with Crippen LogP contribution < -0.4 is 0 Å². The zero-order valence-electron chi connectivity index (χ0n) is 15.7. The van der Waals surface area contributed by atoms with Crippen molar-refractivity contribution in [3.63, 3.8) is 0 Å². The molecular formula is C22H36O. The fourth-order valence-corrected chi connectivity index (χ4v) is 7.59. The van der Waals surface area contributed by atoms with E-state index in [1.54, 1.807) is 0 Å². The molecule has 1 N–H and O–H groups in total. The maximum Gasteiger partial charge on any atom is 0.0809 e. The molecule has 0 radical (unpaired) electrons. The first-order valence-electron chi connectivity index (χ1n) is 10.2. The van der Waals surface area contributed by atoms with E-state index in [9.17, 15) is 5.11 Å². The Labute approximate surface area is 142 Å². The molecule has 7 atom stereocenters. The van der Waals surface area contributed by atoms with Crippen molar-refractivity contribution in [3.8, 4) is 0 Å². The molecule has 4 aliphatic carbocycles. The molecule has 0 heterocycles. The molecule has 0 spiro atoms. The molecule has 0 aromatic heterocycles. The number of allylic oxidation sites excluding steroid dienone is 1. The Morgan fingerprint density at radius 2 is 1.70 bits per heavy atom. The van der Waals surface area contributed by atoms with Gasteiger partial charge < -0.3 is 5.11 Å². The van der Waals surface area contributed by atoms with E-state index in [2.05, 4.69) is 27.7 Å². The molecule has 0 aromatic carbocycles. The lowest BCUT2D eigenvalue weighted by Crippen LogP contribution is -2.53. The quantitative estimate of drug-likeness (QED) is 0.566. The van der Waals surface area contributed by atoms with Gasteiger partial charge in [0.1, 0.15) is 0 Å². The number of aliphatic hydroxyl groups is 1. The molecule has 130 valence electrons. The van der Waals surface area contributed by atoms with Crippen molar-refractivity contribution in [1.82, 2.24) is 0 Å². The van der Waals surface area contributed by atoms with Crippen molar-refractivity contribution < 1.29 is 5.11 Å². The molecule has 0 aliphatic heterocycles. The van der Waals surface area contributed by atoms with Gasteiger partial charge in [0, 0.05) is 5.41 Å². The van der Waals surface area contributed by atoms with Crippen LogP contribution in [0.2, 0.25) is 0 Å². The fraction of sp³-hybridized carbons (Fsp3) is 0.909. The summed E-state index contributed by atoms with van der Waals surface area (Å²) in [6.07, 6.45) is 12.4. The second-order valence-electron chi connectivity index (χ2n) is 10.1. The van der Waals surface area contributed by atoms with Gasteiger partial charge in [-0.15, -0.1) is 0 Å². The first-order valence-corrected chi connectivity index (χ1v) is 10.2. The van der Waals surface area contributed by atoms with Crippen molar-refractivity contribution in [2.45, 2.75) is 91.6 Å². The Morgan fingerprint density at radius 3 is 2.43 bits per heavy atom. The highest BCUT2D eigenvalue weighted by atomic mass is 16.3. The second-order valence-corrected chi connectivity index (χ2v) is 10.1. The molecule has 0 aromatic rings. The van der Waals surface area contributed by atoms with Gasteiger partial charge in [-0.1, -0.05) is 32.3 Å². The van der Waals surface area contributed by atoms with Crippen LogP contribution in [0.15, 0.2) is 11.1 Å². The lowest BCUT2D eigenvalue weighted by atomic mass is 9.45. The average molecular weight is 317 g/mol. The summed E-state index contributed by atoms with van der Waals surface area (Å²) in [5.74, 6) is 3.54. The highest BCUT2D eigenvalue weighted by molar-refractivity contribution is 5.27. The Kier molecular flexibility index (Phi) is 3.76.